The minimum absolute atomic E-state index is 0.155. The molecular weight excluding hydrogens is 599 g/mol. The summed E-state index contributed by atoms with van der Waals surface area (Å²) in [6.07, 6.45) is 0. The highest BCUT2D eigenvalue weighted by Crippen LogP contribution is 2.37. The fraction of sp³-hybridized carbons (Fsp3) is 0. The van der Waals surface area contributed by atoms with E-state index in [4.69, 9.17) is 29.0 Å². The van der Waals surface area contributed by atoms with E-state index in [1.165, 1.54) is 0 Å². The number of aromatic nitrogens is 3. The molecule has 0 aliphatic rings. The predicted molar refractivity (Wildman–Crippen MR) is 200 cm³/mol. The van der Waals surface area contributed by atoms with Crippen molar-refractivity contribution >= 4 is 21.9 Å². The molecule has 0 fully saturated rings. The van der Waals surface area contributed by atoms with Crippen LogP contribution in [0, 0.1) is 0 Å². The summed E-state index contributed by atoms with van der Waals surface area (Å²) in [4.78, 5) is 14.3. The standard InChI is InChI=1S/C45H29N3O/c1-3-11-30(12-4-1)32-21-25-34(26-22-32)43-46-44(48-45(47-43)37-16-9-15-36(29-37)31-13-5-2-6-14-31)35-27-23-33(24-28-35)38-18-10-20-41-42(38)39-17-7-8-19-40(39)49-41/h1-29H/i7D,8D,10D,17D,18D,19D,20D,23D,24D,27D,28D. The molecular formula is C45H29N3O. The molecule has 9 aromatic rings. The van der Waals surface area contributed by atoms with E-state index in [0.717, 1.165) is 22.3 Å². The van der Waals surface area contributed by atoms with E-state index < -0.39 is 72.0 Å². The molecule has 0 aliphatic carbocycles. The summed E-state index contributed by atoms with van der Waals surface area (Å²) < 4.78 is 103. The fourth-order valence-corrected chi connectivity index (χ4v) is 5.75. The summed E-state index contributed by atoms with van der Waals surface area (Å²) >= 11 is 0. The van der Waals surface area contributed by atoms with Gasteiger partial charge in [-0.2, -0.15) is 0 Å². The number of benzene rings is 7. The van der Waals surface area contributed by atoms with E-state index in [1.807, 2.05) is 109 Å². The predicted octanol–water partition coefficient (Wildman–Crippen LogP) is 11.8. The average Bonchev–Trinajstić information content (AvgIpc) is 3.69. The molecule has 7 aromatic carbocycles. The summed E-state index contributed by atoms with van der Waals surface area (Å²) in [6.45, 7) is 0. The van der Waals surface area contributed by atoms with E-state index >= 15 is 0 Å². The highest BCUT2D eigenvalue weighted by Gasteiger charge is 2.15. The average molecular weight is 639 g/mol. The van der Waals surface area contributed by atoms with Crippen LogP contribution in [0.25, 0.3) is 89.5 Å². The third kappa shape index (κ3) is 5.45. The Kier molecular flexibility index (Phi) is 4.78. The highest BCUT2D eigenvalue weighted by molar-refractivity contribution is 6.12. The number of hydrogen-bond acceptors (Lipinski definition) is 4. The third-order valence-electron chi connectivity index (χ3n) is 8.16. The molecule has 4 nitrogen and oxygen atoms in total. The van der Waals surface area contributed by atoms with Gasteiger partial charge in [0.05, 0.1) is 15.1 Å². The molecule has 0 saturated carbocycles. The van der Waals surface area contributed by atoms with Crippen LogP contribution in [0.15, 0.2) is 180 Å². The zero-order valence-corrected chi connectivity index (χ0v) is 25.6. The lowest BCUT2D eigenvalue weighted by molar-refractivity contribution is 0.669. The van der Waals surface area contributed by atoms with Crippen LogP contribution >= 0.6 is 0 Å². The molecule has 4 heteroatoms. The van der Waals surface area contributed by atoms with Gasteiger partial charge < -0.3 is 4.42 Å². The normalized spacial score (nSPS) is 14.4. The summed E-state index contributed by atoms with van der Waals surface area (Å²) in [5, 5.41) is -0.407. The minimum Gasteiger partial charge on any atom is -0.456 e. The van der Waals surface area contributed by atoms with Crippen molar-refractivity contribution in [1.82, 2.24) is 15.0 Å². The maximum atomic E-state index is 9.34. The van der Waals surface area contributed by atoms with Crippen LogP contribution < -0.4 is 0 Å². The number of para-hydroxylation sites is 1. The van der Waals surface area contributed by atoms with Crippen molar-refractivity contribution in [3.63, 3.8) is 0 Å². The number of rotatable bonds is 6. The van der Waals surface area contributed by atoms with Crippen molar-refractivity contribution in [1.29, 1.82) is 0 Å². The first-order valence-electron chi connectivity index (χ1n) is 21.0. The van der Waals surface area contributed by atoms with Gasteiger partial charge in [-0.1, -0.05) is 158 Å². The second-order valence-electron chi connectivity index (χ2n) is 11.2. The summed E-state index contributed by atoms with van der Waals surface area (Å²) in [5.74, 6) is 0.261. The lowest BCUT2D eigenvalue weighted by Crippen LogP contribution is -2.00. The van der Waals surface area contributed by atoms with E-state index in [2.05, 4.69) is 0 Å². The van der Waals surface area contributed by atoms with Gasteiger partial charge >= 0.3 is 0 Å². The first-order valence-corrected chi connectivity index (χ1v) is 15.5. The van der Waals surface area contributed by atoms with E-state index in [9.17, 15) is 5.48 Å². The second-order valence-corrected chi connectivity index (χ2v) is 11.2. The van der Waals surface area contributed by atoms with Gasteiger partial charge in [0, 0.05) is 27.5 Å². The zero-order valence-electron chi connectivity index (χ0n) is 36.6. The first kappa shape index (κ1) is 19.2. The van der Waals surface area contributed by atoms with Crippen molar-refractivity contribution in [2.24, 2.45) is 0 Å². The van der Waals surface area contributed by atoms with Crippen molar-refractivity contribution < 1.29 is 19.5 Å². The second kappa shape index (κ2) is 12.2. The van der Waals surface area contributed by atoms with Crippen LogP contribution in [0.4, 0.5) is 0 Å². The molecule has 0 amide bonds. The zero-order chi connectivity index (χ0) is 42.1. The molecule has 0 N–H and O–H groups in total. The molecule has 0 atom stereocenters. The third-order valence-corrected chi connectivity index (χ3v) is 8.16. The Balaban J connectivity index is 1.28. The first-order chi connectivity index (χ1) is 28.8. The van der Waals surface area contributed by atoms with Gasteiger partial charge in [-0.05, 0) is 51.5 Å². The van der Waals surface area contributed by atoms with E-state index in [1.54, 1.807) is 0 Å². The Hall–Kier alpha value is -6.65. The number of nitrogens with zero attached hydrogens (tertiary/aromatic N) is 3. The Morgan fingerprint density at radius 2 is 0.918 bits per heavy atom. The summed E-state index contributed by atoms with van der Waals surface area (Å²) in [5.41, 5.74) is 3.30. The lowest BCUT2D eigenvalue weighted by Gasteiger charge is -2.11. The molecule has 0 bridgehead atoms. The number of furan rings is 1. The van der Waals surface area contributed by atoms with Gasteiger partial charge in [-0.15, -0.1) is 0 Å². The van der Waals surface area contributed by atoms with Crippen LogP contribution in [-0.4, -0.2) is 15.0 Å². The molecule has 0 aliphatic heterocycles. The molecule has 0 radical (unpaired) electrons. The van der Waals surface area contributed by atoms with Crippen LogP contribution in [0.1, 0.15) is 15.1 Å². The van der Waals surface area contributed by atoms with E-state index in [-0.39, 0.29) is 50.5 Å². The molecule has 9 rings (SSSR count). The van der Waals surface area contributed by atoms with Crippen molar-refractivity contribution in [2.45, 2.75) is 0 Å². The Bertz CT molecular complexity index is 3180. The monoisotopic (exact) mass is 638 g/mol. The number of fused-ring (bicyclic) bond motifs is 3. The molecule has 230 valence electrons. The lowest BCUT2D eigenvalue weighted by atomic mass is 9.98. The van der Waals surface area contributed by atoms with Crippen molar-refractivity contribution in [2.75, 3.05) is 0 Å². The van der Waals surface area contributed by atoms with Crippen LogP contribution in [0.5, 0.6) is 0 Å². The smallest absolute Gasteiger partial charge is 0.164 e. The van der Waals surface area contributed by atoms with Crippen molar-refractivity contribution in [3.8, 4) is 67.5 Å². The molecule has 0 saturated heterocycles. The Labute approximate surface area is 299 Å². The number of hydrogen-bond donors (Lipinski definition) is 0. The fourth-order valence-electron chi connectivity index (χ4n) is 5.75. The highest BCUT2D eigenvalue weighted by atomic mass is 16.3. The largest absolute Gasteiger partial charge is 0.456 e. The topological polar surface area (TPSA) is 51.8 Å². The maximum Gasteiger partial charge on any atom is 0.164 e. The van der Waals surface area contributed by atoms with Gasteiger partial charge in [0.25, 0.3) is 0 Å². The Morgan fingerprint density at radius 1 is 0.388 bits per heavy atom. The van der Waals surface area contributed by atoms with Gasteiger partial charge in [0.1, 0.15) is 11.2 Å². The van der Waals surface area contributed by atoms with Gasteiger partial charge in [0.2, 0.25) is 0 Å². The molecule has 2 heterocycles. The summed E-state index contributed by atoms with van der Waals surface area (Å²) in [7, 11) is 0. The summed E-state index contributed by atoms with van der Waals surface area (Å²) in [6, 6.07) is 28.1. The molecule has 2 aromatic heterocycles. The van der Waals surface area contributed by atoms with Crippen LogP contribution in [0.3, 0.4) is 0 Å². The van der Waals surface area contributed by atoms with Crippen LogP contribution in [0.2, 0.25) is 0 Å². The van der Waals surface area contributed by atoms with Gasteiger partial charge in [0.15, 0.2) is 17.5 Å². The molecule has 0 spiro atoms. The van der Waals surface area contributed by atoms with Crippen molar-refractivity contribution in [3.05, 3.63) is 176 Å². The SMILES string of the molecule is [2H]c1c([2H])c(-c2c([2H])c([2H])c([2H])c3oc4c([2H])c([2H])c([2H])c([2H])c4c23)c([2H])c([2H])c1-c1nc(-c2ccc(-c3ccccc3)cc2)nc(-c2cccc(-c3ccccc3)c2)n1. The molecule has 49 heavy (non-hydrogen) atoms. The van der Waals surface area contributed by atoms with Gasteiger partial charge in [-0.3, -0.25) is 0 Å². The van der Waals surface area contributed by atoms with E-state index in [0.29, 0.717) is 11.1 Å². The Morgan fingerprint density at radius 3 is 1.65 bits per heavy atom. The maximum absolute atomic E-state index is 9.34. The molecule has 0 unspecified atom stereocenters. The quantitative estimate of drug-likeness (QED) is 0.182. The minimum atomic E-state index is -0.657. The van der Waals surface area contributed by atoms with Gasteiger partial charge in [-0.25, -0.2) is 15.0 Å². The van der Waals surface area contributed by atoms with Crippen LogP contribution in [-0.2, 0) is 0 Å².